The maximum atomic E-state index is 13.3. The maximum absolute atomic E-state index is 13.3. The van der Waals surface area contributed by atoms with Gasteiger partial charge in [-0.1, -0.05) is 18.2 Å². The number of rotatable bonds is 4. The SMILES string of the molecule is Cc1nc(C2CCCCN2C(=O)Cc2c[nH]c3ccccc23)ncc1C(=O)N1CCOCC1. The van der Waals surface area contributed by atoms with Gasteiger partial charge in [0, 0.05) is 42.9 Å². The smallest absolute Gasteiger partial charge is 0.257 e. The Balaban J connectivity index is 1.35. The average molecular weight is 448 g/mol. The molecule has 5 rings (SSSR count). The number of fused-ring (bicyclic) bond motifs is 1. The van der Waals surface area contributed by atoms with Crippen LogP contribution in [0.4, 0.5) is 0 Å². The molecule has 0 spiro atoms. The Bertz CT molecular complexity index is 1170. The van der Waals surface area contributed by atoms with E-state index in [-0.39, 0.29) is 17.9 Å². The number of hydrogen-bond donors (Lipinski definition) is 1. The Morgan fingerprint density at radius 3 is 2.79 bits per heavy atom. The summed E-state index contributed by atoms with van der Waals surface area (Å²) < 4.78 is 5.35. The second kappa shape index (κ2) is 9.31. The molecule has 1 N–H and O–H groups in total. The van der Waals surface area contributed by atoms with Crippen LogP contribution < -0.4 is 0 Å². The Morgan fingerprint density at radius 2 is 1.97 bits per heavy atom. The first-order chi connectivity index (χ1) is 16.1. The average Bonchev–Trinajstić information content (AvgIpc) is 3.27. The van der Waals surface area contributed by atoms with Crippen molar-refractivity contribution in [3.05, 3.63) is 59.3 Å². The zero-order valence-electron chi connectivity index (χ0n) is 18.9. The van der Waals surface area contributed by atoms with Crippen molar-refractivity contribution in [3.63, 3.8) is 0 Å². The van der Waals surface area contributed by atoms with E-state index in [0.29, 0.717) is 56.4 Å². The predicted octanol–water partition coefficient (Wildman–Crippen LogP) is 3.04. The van der Waals surface area contributed by atoms with E-state index in [9.17, 15) is 9.59 Å². The van der Waals surface area contributed by atoms with Gasteiger partial charge in [-0.3, -0.25) is 9.59 Å². The molecule has 2 aliphatic rings. The number of ether oxygens (including phenoxy) is 1. The van der Waals surface area contributed by atoms with Crippen LogP contribution >= 0.6 is 0 Å². The van der Waals surface area contributed by atoms with E-state index >= 15 is 0 Å². The Morgan fingerprint density at radius 1 is 1.15 bits per heavy atom. The summed E-state index contributed by atoms with van der Waals surface area (Å²) in [5, 5.41) is 1.08. The molecule has 172 valence electrons. The fourth-order valence-electron chi connectivity index (χ4n) is 4.83. The number of likely N-dealkylation sites (tertiary alicyclic amines) is 1. The molecule has 8 heteroatoms. The third-order valence-corrected chi connectivity index (χ3v) is 6.66. The first kappa shape index (κ1) is 21.6. The molecule has 1 aromatic carbocycles. The minimum Gasteiger partial charge on any atom is -0.378 e. The van der Waals surface area contributed by atoms with Crippen molar-refractivity contribution in [1.29, 1.82) is 0 Å². The maximum Gasteiger partial charge on any atom is 0.257 e. The number of piperidine rings is 1. The number of carbonyl (C=O) groups is 2. The van der Waals surface area contributed by atoms with E-state index in [2.05, 4.69) is 9.97 Å². The lowest BCUT2D eigenvalue weighted by Crippen LogP contribution is -2.41. The summed E-state index contributed by atoms with van der Waals surface area (Å²) in [4.78, 5) is 42.5. The number of morpholine rings is 1. The quantitative estimate of drug-likeness (QED) is 0.664. The molecule has 2 amide bonds. The van der Waals surface area contributed by atoms with Gasteiger partial charge in [0.25, 0.3) is 5.91 Å². The van der Waals surface area contributed by atoms with Crippen molar-refractivity contribution in [2.75, 3.05) is 32.8 Å². The highest BCUT2D eigenvalue weighted by atomic mass is 16.5. The van der Waals surface area contributed by atoms with Gasteiger partial charge >= 0.3 is 0 Å². The van der Waals surface area contributed by atoms with Gasteiger partial charge in [-0.05, 0) is 37.8 Å². The Kier molecular flexibility index (Phi) is 6.09. The lowest BCUT2D eigenvalue weighted by atomic mass is 9.99. The van der Waals surface area contributed by atoms with E-state index in [1.54, 1.807) is 11.1 Å². The molecule has 33 heavy (non-hydrogen) atoms. The van der Waals surface area contributed by atoms with Gasteiger partial charge in [0.2, 0.25) is 5.91 Å². The molecule has 8 nitrogen and oxygen atoms in total. The van der Waals surface area contributed by atoms with Gasteiger partial charge in [-0.25, -0.2) is 9.97 Å². The molecule has 3 aromatic rings. The third-order valence-electron chi connectivity index (χ3n) is 6.66. The van der Waals surface area contributed by atoms with Crippen LogP contribution in [-0.4, -0.2) is 69.4 Å². The molecule has 2 saturated heterocycles. The van der Waals surface area contributed by atoms with Crippen LogP contribution in [0.15, 0.2) is 36.7 Å². The minimum absolute atomic E-state index is 0.0572. The molecule has 0 radical (unpaired) electrons. The summed E-state index contributed by atoms with van der Waals surface area (Å²) in [7, 11) is 0. The first-order valence-electron chi connectivity index (χ1n) is 11.7. The van der Waals surface area contributed by atoms with Crippen molar-refractivity contribution in [3.8, 4) is 0 Å². The molecule has 0 aliphatic carbocycles. The van der Waals surface area contributed by atoms with Crippen molar-refractivity contribution >= 4 is 22.7 Å². The van der Waals surface area contributed by atoms with Crippen molar-refractivity contribution in [2.45, 2.75) is 38.6 Å². The van der Waals surface area contributed by atoms with E-state index in [1.165, 1.54) is 0 Å². The zero-order valence-corrected chi connectivity index (χ0v) is 18.9. The number of H-pyrrole nitrogens is 1. The zero-order chi connectivity index (χ0) is 22.8. The monoisotopic (exact) mass is 447 g/mol. The van der Waals surface area contributed by atoms with Crippen molar-refractivity contribution in [2.24, 2.45) is 0 Å². The highest BCUT2D eigenvalue weighted by molar-refractivity contribution is 5.95. The normalized spacial score (nSPS) is 19.1. The summed E-state index contributed by atoms with van der Waals surface area (Å²) in [6.45, 7) is 4.82. The standard InChI is InChI=1S/C25H29N5O3/c1-17-20(25(32)29-10-12-33-13-11-29)16-27-24(28-17)22-8-4-5-9-30(22)23(31)14-18-15-26-21-7-3-2-6-19(18)21/h2-3,6-7,15-16,22,26H,4-5,8-14H2,1H3. The van der Waals surface area contributed by atoms with Crippen LogP contribution in [-0.2, 0) is 16.0 Å². The van der Waals surface area contributed by atoms with E-state index in [4.69, 9.17) is 9.72 Å². The van der Waals surface area contributed by atoms with Crippen LogP contribution in [0.25, 0.3) is 10.9 Å². The fourth-order valence-corrected chi connectivity index (χ4v) is 4.83. The van der Waals surface area contributed by atoms with Crippen molar-refractivity contribution < 1.29 is 14.3 Å². The number of para-hydroxylation sites is 1. The molecule has 0 saturated carbocycles. The number of aromatic nitrogens is 3. The van der Waals surface area contributed by atoms with Gasteiger partial charge < -0.3 is 19.5 Å². The molecular formula is C25H29N5O3. The number of carbonyl (C=O) groups excluding carboxylic acids is 2. The molecule has 0 bridgehead atoms. The largest absolute Gasteiger partial charge is 0.378 e. The predicted molar refractivity (Wildman–Crippen MR) is 124 cm³/mol. The highest BCUT2D eigenvalue weighted by Gasteiger charge is 2.31. The summed E-state index contributed by atoms with van der Waals surface area (Å²) in [6.07, 6.45) is 6.73. The minimum atomic E-state index is -0.164. The van der Waals surface area contributed by atoms with E-state index < -0.39 is 0 Å². The highest BCUT2D eigenvalue weighted by Crippen LogP contribution is 2.30. The number of nitrogens with one attached hydrogen (secondary N) is 1. The molecule has 2 aliphatic heterocycles. The number of benzene rings is 1. The molecule has 4 heterocycles. The summed E-state index contributed by atoms with van der Waals surface area (Å²) in [5.41, 5.74) is 3.22. The number of amides is 2. The fraction of sp³-hybridized carbons (Fsp3) is 0.440. The van der Waals surface area contributed by atoms with Crippen LogP contribution in [0.2, 0.25) is 0 Å². The molecular weight excluding hydrogens is 418 g/mol. The van der Waals surface area contributed by atoms with Gasteiger partial charge in [-0.15, -0.1) is 0 Å². The number of nitrogens with zero attached hydrogens (tertiary/aromatic N) is 4. The lowest BCUT2D eigenvalue weighted by Gasteiger charge is -2.35. The topological polar surface area (TPSA) is 91.4 Å². The molecule has 1 unspecified atom stereocenters. The van der Waals surface area contributed by atoms with Gasteiger partial charge in [-0.2, -0.15) is 0 Å². The van der Waals surface area contributed by atoms with Gasteiger partial charge in [0.05, 0.1) is 36.9 Å². The summed E-state index contributed by atoms with van der Waals surface area (Å²) >= 11 is 0. The van der Waals surface area contributed by atoms with Gasteiger partial charge in [0.15, 0.2) is 5.82 Å². The first-order valence-corrected chi connectivity index (χ1v) is 11.7. The number of hydrogen-bond acceptors (Lipinski definition) is 5. The molecule has 2 fully saturated rings. The summed E-state index contributed by atoms with van der Waals surface area (Å²) in [6, 6.07) is 7.87. The Labute approximate surface area is 193 Å². The third kappa shape index (κ3) is 4.35. The van der Waals surface area contributed by atoms with E-state index in [0.717, 1.165) is 35.7 Å². The van der Waals surface area contributed by atoms with E-state index in [1.807, 2.05) is 42.3 Å². The number of aryl methyl sites for hydroxylation is 1. The summed E-state index contributed by atoms with van der Waals surface area (Å²) in [5.74, 6) is 0.649. The van der Waals surface area contributed by atoms with Gasteiger partial charge in [0.1, 0.15) is 0 Å². The van der Waals surface area contributed by atoms with Crippen LogP contribution in [0.3, 0.4) is 0 Å². The lowest BCUT2D eigenvalue weighted by molar-refractivity contribution is -0.134. The number of aromatic amines is 1. The molecule has 1 atom stereocenters. The Hall–Kier alpha value is -3.26. The van der Waals surface area contributed by atoms with Crippen LogP contribution in [0.5, 0.6) is 0 Å². The second-order valence-corrected chi connectivity index (χ2v) is 8.77. The van der Waals surface area contributed by atoms with Crippen LogP contribution in [0, 0.1) is 6.92 Å². The molecule has 2 aromatic heterocycles. The van der Waals surface area contributed by atoms with Crippen LogP contribution in [0.1, 0.15) is 52.7 Å². The van der Waals surface area contributed by atoms with Crippen molar-refractivity contribution in [1.82, 2.24) is 24.8 Å². The second-order valence-electron chi connectivity index (χ2n) is 8.77.